The fourth-order valence-electron chi connectivity index (χ4n) is 7.25. The Hall–Kier alpha value is -5.77. The Bertz CT molecular complexity index is 2380. The molecule has 9 rings (SSSR count). The number of hydrogen-bond donors (Lipinski definition) is 0. The summed E-state index contributed by atoms with van der Waals surface area (Å²) in [5.74, 6) is 0.723. The van der Waals surface area contributed by atoms with Crippen LogP contribution in [0.25, 0.3) is 44.7 Å². The van der Waals surface area contributed by atoms with Gasteiger partial charge in [0.2, 0.25) is 0 Å². The number of nitrogens with zero attached hydrogens (tertiary/aromatic N) is 2. The molecular weight excluding hydrogens is 601 g/mol. The summed E-state index contributed by atoms with van der Waals surface area (Å²) in [6.45, 7) is 0. The molecule has 7 aromatic carbocycles. The summed E-state index contributed by atoms with van der Waals surface area (Å²) in [6, 6.07) is 65.0. The number of aromatic nitrogens is 2. The average molecular weight is 631 g/mol. The van der Waals surface area contributed by atoms with E-state index in [4.69, 9.17) is 9.97 Å². The van der Waals surface area contributed by atoms with E-state index in [-0.39, 0.29) is 0 Å². The van der Waals surface area contributed by atoms with E-state index >= 15 is 0 Å². The first kappa shape index (κ1) is 28.5. The van der Waals surface area contributed by atoms with E-state index in [1.807, 2.05) is 11.8 Å². The Kier molecular flexibility index (Phi) is 6.99. The molecule has 0 N–H and O–H groups in total. The molecule has 3 heteroatoms. The zero-order chi connectivity index (χ0) is 31.9. The molecule has 8 aromatic rings. The molecule has 0 saturated heterocycles. The Morgan fingerprint density at radius 1 is 0.396 bits per heavy atom. The molecular formula is C45H30N2S. The van der Waals surface area contributed by atoms with Crippen LogP contribution >= 0.6 is 11.8 Å². The van der Waals surface area contributed by atoms with E-state index in [2.05, 4.69) is 182 Å². The highest BCUT2D eigenvalue weighted by Crippen LogP contribution is 2.56. The smallest absolute Gasteiger partial charge is 0.160 e. The van der Waals surface area contributed by atoms with Crippen molar-refractivity contribution in [2.75, 3.05) is 0 Å². The Labute approximate surface area is 284 Å². The standard InChI is InChI=1S/C45H30N2S/c1-4-15-31(16-5-1)32-17-14-18-33(29-32)43-37-23-10-12-25-40(37)46-44(47-43)34-27-28-39-42(30-34)48-41-26-13-11-24-38(41)45(39,35-19-6-2-7-20-35)36-21-8-3-9-22-36/h1-30H. The quantitative estimate of drug-likeness (QED) is 0.189. The van der Waals surface area contributed by atoms with Gasteiger partial charge in [-0.05, 0) is 57.6 Å². The molecule has 0 bridgehead atoms. The van der Waals surface area contributed by atoms with Gasteiger partial charge in [-0.2, -0.15) is 0 Å². The average Bonchev–Trinajstić information content (AvgIpc) is 3.17. The van der Waals surface area contributed by atoms with Crippen molar-refractivity contribution in [2.24, 2.45) is 0 Å². The number of para-hydroxylation sites is 1. The molecule has 2 nitrogen and oxygen atoms in total. The summed E-state index contributed by atoms with van der Waals surface area (Å²) in [4.78, 5) is 12.9. The van der Waals surface area contributed by atoms with Crippen LogP contribution in [-0.2, 0) is 5.41 Å². The molecule has 1 aliphatic heterocycles. The molecule has 0 aliphatic carbocycles. The summed E-state index contributed by atoms with van der Waals surface area (Å²) < 4.78 is 0. The lowest BCUT2D eigenvalue weighted by Crippen LogP contribution is -2.34. The van der Waals surface area contributed by atoms with Crippen LogP contribution in [0.3, 0.4) is 0 Å². The lowest BCUT2D eigenvalue weighted by molar-refractivity contribution is 0.703. The molecule has 0 spiro atoms. The van der Waals surface area contributed by atoms with E-state index in [9.17, 15) is 0 Å². The lowest BCUT2D eigenvalue weighted by atomic mass is 9.64. The van der Waals surface area contributed by atoms with E-state index in [0.29, 0.717) is 0 Å². The van der Waals surface area contributed by atoms with Gasteiger partial charge in [0, 0.05) is 26.3 Å². The first-order valence-corrected chi connectivity index (χ1v) is 17.1. The summed E-state index contributed by atoms with van der Waals surface area (Å²) in [6.07, 6.45) is 0. The summed E-state index contributed by atoms with van der Waals surface area (Å²) in [7, 11) is 0. The predicted molar refractivity (Wildman–Crippen MR) is 198 cm³/mol. The molecule has 2 heterocycles. The molecule has 0 saturated carbocycles. The minimum absolute atomic E-state index is 0.467. The van der Waals surface area contributed by atoms with Gasteiger partial charge >= 0.3 is 0 Å². The van der Waals surface area contributed by atoms with Crippen molar-refractivity contribution < 1.29 is 0 Å². The maximum Gasteiger partial charge on any atom is 0.160 e. The van der Waals surface area contributed by atoms with Gasteiger partial charge in [0.05, 0.1) is 16.6 Å². The fraction of sp³-hybridized carbons (Fsp3) is 0.0222. The molecule has 0 radical (unpaired) electrons. The third-order valence-corrected chi connectivity index (χ3v) is 10.5. The van der Waals surface area contributed by atoms with Crippen molar-refractivity contribution in [1.82, 2.24) is 9.97 Å². The first-order chi connectivity index (χ1) is 23.8. The van der Waals surface area contributed by atoms with Gasteiger partial charge in [-0.25, -0.2) is 9.97 Å². The van der Waals surface area contributed by atoms with Gasteiger partial charge in [0.25, 0.3) is 0 Å². The van der Waals surface area contributed by atoms with Gasteiger partial charge in [-0.3, -0.25) is 0 Å². The van der Waals surface area contributed by atoms with Crippen LogP contribution in [0.2, 0.25) is 0 Å². The molecule has 48 heavy (non-hydrogen) atoms. The fourth-order valence-corrected chi connectivity index (χ4v) is 8.48. The molecule has 0 unspecified atom stereocenters. The van der Waals surface area contributed by atoms with E-state index in [1.54, 1.807) is 0 Å². The van der Waals surface area contributed by atoms with Crippen LogP contribution < -0.4 is 0 Å². The summed E-state index contributed by atoms with van der Waals surface area (Å²) in [5.41, 5.74) is 10.9. The van der Waals surface area contributed by atoms with Crippen LogP contribution in [0, 0.1) is 0 Å². The normalized spacial score (nSPS) is 13.1. The zero-order valence-corrected chi connectivity index (χ0v) is 26.9. The Morgan fingerprint density at radius 3 is 1.77 bits per heavy atom. The molecule has 1 aromatic heterocycles. The monoisotopic (exact) mass is 630 g/mol. The second kappa shape index (κ2) is 11.8. The van der Waals surface area contributed by atoms with Crippen molar-refractivity contribution in [3.8, 4) is 33.8 Å². The van der Waals surface area contributed by atoms with Crippen LogP contribution in [0.4, 0.5) is 0 Å². The molecule has 0 atom stereocenters. The third-order valence-electron chi connectivity index (χ3n) is 9.41. The highest BCUT2D eigenvalue weighted by atomic mass is 32.2. The first-order valence-electron chi connectivity index (χ1n) is 16.2. The third kappa shape index (κ3) is 4.66. The second-order valence-electron chi connectivity index (χ2n) is 12.2. The van der Waals surface area contributed by atoms with Gasteiger partial charge in [-0.1, -0.05) is 169 Å². The summed E-state index contributed by atoms with van der Waals surface area (Å²) >= 11 is 1.83. The lowest BCUT2D eigenvalue weighted by Gasteiger charge is -2.42. The summed E-state index contributed by atoms with van der Waals surface area (Å²) in [5, 5.41) is 1.04. The van der Waals surface area contributed by atoms with Crippen LogP contribution in [0.5, 0.6) is 0 Å². The van der Waals surface area contributed by atoms with Crippen LogP contribution in [-0.4, -0.2) is 9.97 Å². The Morgan fingerprint density at radius 2 is 1.00 bits per heavy atom. The Balaban J connectivity index is 1.25. The van der Waals surface area contributed by atoms with Gasteiger partial charge in [-0.15, -0.1) is 0 Å². The minimum Gasteiger partial charge on any atom is -0.228 e. The molecule has 226 valence electrons. The van der Waals surface area contributed by atoms with Gasteiger partial charge in [0.15, 0.2) is 5.82 Å². The van der Waals surface area contributed by atoms with Crippen LogP contribution in [0.1, 0.15) is 22.3 Å². The highest BCUT2D eigenvalue weighted by Gasteiger charge is 2.44. The van der Waals surface area contributed by atoms with Gasteiger partial charge in [0.1, 0.15) is 0 Å². The molecule has 0 amide bonds. The van der Waals surface area contributed by atoms with Crippen molar-refractivity contribution >= 4 is 22.7 Å². The van der Waals surface area contributed by atoms with E-state index < -0.39 is 5.41 Å². The topological polar surface area (TPSA) is 25.8 Å². The molecule has 0 fully saturated rings. The number of fused-ring (bicyclic) bond motifs is 3. The number of rotatable bonds is 5. The molecule has 1 aliphatic rings. The second-order valence-corrected chi connectivity index (χ2v) is 13.2. The largest absolute Gasteiger partial charge is 0.228 e. The highest BCUT2D eigenvalue weighted by molar-refractivity contribution is 7.99. The van der Waals surface area contributed by atoms with Crippen molar-refractivity contribution in [2.45, 2.75) is 15.2 Å². The van der Waals surface area contributed by atoms with Crippen LogP contribution in [0.15, 0.2) is 192 Å². The van der Waals surface area contributed by atoms with Gasteiger partial charge < -0.3 is 0 Å². The maximum atomic E-state index is 5.30. The van der Waals surface area contributed by atoms with Crippen molar-refractivity contribution in [1.29, 1.82) is 0 Å². The zero-order valence-electron chi connectivity index (χ0n) is 26.1. The van der Waals surface area contributed by atoms with Crippen molar-refractivity contribution in [3.05, 3.63) is 204 Å². The predicted octanol–water partition coefficient (Wildman–Crippen LogP) is 11.5. The van der Waals surface area contributed by atoms with E-state index in [1.165, 1.54) is 43.2 Å². The van der Waals surface area contributed by atoms with Crippen molar-refractivity contribution in [3.63, 3.8) is 0 Å². The minimum atomic E-state index is -0.467. The SMILES string of the molecule is c1ccc(-c2cccc(-c3nc(-c4ccc5c(c4)Sc4ccccc4C5(c4ccccc4)c4ccccc4)nc4ccccc34)c2)cc1. The van der Waals surface area contributed by atoms with E-state index in [0.717, 1.165) is 33.5 Å². The number of hydrogen-bond acceptors (Lipinski definition) is 3. The number of benzene rings is 7. The maximum absolute atomic E-state index is 5.30.